The summed E-state index contributed by atoms with van der Waals surface area (Å²) in [6, 6.07) is 0.169. The summed E-state index contributed by atoms with van der Waals surface area (Å²) < 4.78 is 5.34. The number of ether oxygens (including phenoxy) is 1. The van der Waals surface area contributed by atoms with Gasteiger partial charge in [-0.15, -0.1) is 0 Å². The van der Waals surface area contributed by atoms with Crippen molar-refractivity contribution in [3.63, 3.8) is 0 Å². The Morgan fingerprint density at radius 3 is 2.74 bits per heavy atom. The number of carbonyl (C=O) groups is 1. The Morgan fingerprint density at radius 1 is 1.37 bits per heavy atom. The van der Waals surface area contributed by atoms with Crippen molar-refractivity contribution in [3.8, 4) is 6.01 Å². The Labute approximate surface area is 112 Å². The first-order chi connectivity index (χ1) is 9.01. The van der Waals surface area contributed by atoms with E-state index >= 15 is 0 Å². The van der Waals surface area contributed by atoms with Crippen molar-refractivity contribution < 1.29 is 9.53 Å². The van der Waals surface area contributed by atoms with Gasteiger partial charge in [-0.05, 0) is 20.8 Å². The van der Waals surface area contributed by atoms with Gasteiger partial charge in [0, 0.05) is 19.5 Å². The Bertz CT molecular complexity index is 424. The van der Waals surface area contributed by atoms with Gasteiger partial charge < -0.3 is 21.1 Å². The van der Waals surface area contributed by atoms with E-state index in [-0.39, 0.29) is 24.0 Å². The minimum atomic E-state index is -0.0509. The summed E-state index contributed by atoms with van der Waals surface area (Å²) in [5.41, 5.74) is 5.55. The van der Waals surface area contributed by atoms with E-state index in [9.17, 15) is 4.79 Å². The van der Waals surface area contributed by atoms with Gasteiger partial charge in [-0.25, -0.2) is 0 Å². The molecule has 0 aliphatic carbocycles. The number of nitrogens with two attached hydrogens (primary N) is 1. The summed E-state index contributed by atoms with van der Waals surface area (Å²) in [6.45, 7) is 6.62. The number of nitrogen functional groups attached to an aromatic ring is 1. The highest BCUT2D eigenvalue weighted by Gasteiger charge is 2.07. The van der Waals surface area contributed by atoms with Crippen LogP contribution in [0.2, 0.25) is 0 Å². The highest BCUT2D eigenvalue weighted by atomic mass is 16.5. The fourth-order valence-corrected chi connectivity index (χ4v) is 1.29. The summed E-state index contributed by atoms with van der Waals surface area (Å²) in [4.78, 5) is 23.1. The molecule has 0 radical (unpaired) electrons. The van der Waals surface area contributed by atoms with E-state index in [1.54, 1.807) is 0 Å². The number of amides is 1. The standard InChI is InChI=1S/C11H20N6O2/c1-4-13-8(18)5-6-14-10-15-9(12)16-11(17-10)19-7(2)3/h7H,4-6H2,1-3H3,(H,13,18)(H3,12,14,15,16,17). The number of nitrogens with zero attached hydrogens (tertiary/aromatic N) is 3. The lowest BCUT2D eigenvalue weighted by atomic mass is 10.4. The molecule has 0 aromatic carbocycles. The molecular formula is C11H20N6O2. The first-order valence-electron chi connectivity index (χ1n) is 6.20. The lowest BCUT2D eigenvalue weighted by Gasteiger charge is -2.10. The van der Waals surface area contributed by atoms with Crippen molar-refractivity contribution in [1.29, 1.82) is 0 Å². The second kappa shape index (κ2) is 7.34. The first-order valence-corrected chi connectivity index (χ1v) is 6.20. The molecule has 0 bridgehead atoms. The molecule has 0 spiro atoms. The molecule has 1 amide bonds. The molecule has 106 valence electrons. The highest BCUT2D eigenvalue weighted by Crippen LogP contribution is 2.10. The van der Waals surface area contributed by atoms with Crippen molar-refractivity contribution >= 4 is 17.8 Å². The highest BCUT2D eigenvalue weighted by molar-refractivity contribution is 5.76. The molecule has 0 fully saturated rings. The van der Waals surface area contributed by atoms with Crippen molar-refractivity contribution in [2.45, 2.75) is 33.3 Å². The Kier molecular flexibility index (Phi) is 5.77. The molecule has 8 nitrogen and oxygen atoms in total. The molecule has 1 rings (SSSR count). The maximum Gasteiger partial charge on any atom is 0.323 e. The Morgan fingerprint density at radius 2 is 2.11 bits per heavy atom. The van der Waals surface area contributed by atoms with Crippen LogP contribution >= 0.6 is 0 Å². The molecule has 0 aliphatic heterocycles. The monoisotopic (exact) mass is 268 g/mol. The second-order valence-corrected chi connectivity index (χ2v) is 4.10. The van der Waals surface area contributed by atoms with Gasteiger partial charge in [-0.2, -0.15) is 15.0 Å². The molecule has 0 saturated carbocycles. The third-order valence-corrected chi connectivity index (χ3v) is 1.98. The van der Waals surface area contributed by atoms with Gasteiger partial charge in [-0.1, -0.05) is 0 Å². The number of aromatic nitrogens is 3. The molecule has 4 N–H and O–H groups in total. The number of nitrogens with one attached hydrogen (secondary N) is 2. The lowest BCUT2D eigenvalue weighted by Crippen LogP contribution is -2.25. The van der Waals surface area contributed by atoms with E-state index in [4.69, 9.17) is 10.5 Å². The van der Waals surface area contributed by atoms with E-state index in [1.165, 1.54) is 0 Å². The summed E-state index contributed by atoms with van der Waals surface area (Å²) in [5, 5.41) is 5.60. The predicted molar refractivity (Wildman–Crippen MR) is 71.8 cm³/mol. The van der Waals surface area contributed by atoms with Crippen molar-refractivity contribution in [3.05, 3.63) is 0 Å². The van der Waals surface area contributed by atoms with Crippen molar-refractivity contribution in [1.82, 2.24) is 20.3 Å². The fourth-order valence-electron chi connectivity index (χ4n) is 1.29. The van der Waals surface area contributed by atoms with Gasteiger partial charge >= 0.3 is 6.01 Å². The normalized spacial score (nSPS) is 10.3. The number of carbonyl (C=O) groups excluding carboxylic acids is 1. The van der Waals surface area contributed by atoms with Crippen LogP contribution in [0.5, 0.6) is 6.01 Å². The van der Waals surface area contributed by atoms with E-state index in [2.05, 4.69) is 25.6 Å². The summed E-state index contributed by atoms with van der Waals surface area (Å²) in [7, 11) is 0. The van der Waals surface area contributed by atoms with Gasteiger partial charge in [-0.3, -0.25) is 4.79 Å². The van der Waals surface area contributed by atoms with Crippen molar-refractivity contribution in [2.75, 3.05) is 24.1 Å². The topological polar surface area (TPSA) is 115 Å². The van der Waals surface area contributed by atoms with Crippen LogP contribution in [0.1, 0.15) is 27.2 Å². The van der Waals surface area contributed by atoms with E-state index < -0.39 is 0 Å². The zero-order valence-electron chi connectivity index (χ0n) is 11.4. The molecule has 1 aromatic heterocycles. The number of anilines is 2. The van der Waals surface area contributed by atoms with Crippen LogP contribution in [-0.4, -0.2) is 40.1 Å². The Balaban J connectivity index is 2.53. The summed E-state index contributed by atoms with van der Waals surface area (Å²) in [5.74, 6) is 0.342. The van der Waals surface area contributed by atoms with E-state index in [0.717, 1.165) is 0 Å². The molecule has 0 atom stereocenters. The molecule has 8 heteroatoms. The summed E-state index contributed by atoms with van der Waals surface area (Å²) >= 11 is 0. The van der Waals surface area contributed by atoms with E-state index in [0.29, 0.717) is 25.5 Å². The zero-order valence-corrected chi connectivity index (χ0v) is 11.4. The smallest absolute Gasteiger partial charge is 0.323 e. The van der Waals surface area contributed by atoms with E-state index in [1.807, 2.05) is 20.8 Å². The van der Waals surface area contributed by atoms with Gasteiger partial charge in [0.15, 0.2) is 0 Å². The third kappa shape index (κ3) is 5.84. The third-order valence-electron chi connectivity index (χ3n) is 1.98. The quantitative estimate of drug-likeness (QED) is 0.646. The maximum atomic E-state index is 11.3. The largest absolute Gasteiger partial charge is 0.461 e. The SMILES string of the molecule is CCNC(=O)CCNc1nc(N)nc(OC(C)C)n1. The average Bonchev–Trinajstić information content (AvgIpc) is 2.27. The molecule has 1 aromatic rings. The molecule has 1 heterocycles. The fraction of sp³-hybridized carbons (Fsp3) is 0.636. The maximum absolute atomic E-state index is 11.3. The summed E-state index contributed by atoms with van der Waals surface area (Å²) in [6.07, 6.45) is 0.282. The van der Waals surface area contributed by atoms with Crippen LogP contribution in [0.15, 0.2) is 0 Å². The molecule has 0 aliphatic rings. The molecule has 19 heavy (non-hydrogen) atoms. The van der Waals surface area contributed by atoms with Gasteiger partial charge in [0.1, 0.15) is 0 Å². The van der Waals surface area contributed by atoms with Crippen LogP contribution in [0, 0.1) is 0 Å². The van der Waals surface area contributed by atoms with Gasteiger partial charge in [0.05, 0.1) is 6.10 Å². The number of hydrogen-bond donors (Lipinski definition) is 3. The molecule has 0 unspecified atom stereocenters. The predicted octanol–water partition coefficient (Wildman–Crippen LogP) is 0.179. The minimum absolute atomic E-state index is 0.0318. The van der Waals surface area contributed by atoms with Crippen LogP contribution < -0.4 is 21.1 Å². The Hall–Kier alpha value is -2.12. The van der Waals surface area contributed by atoms with Crippen LogP contribution in [-0.2, 0) is 4.79 Å². The minimum Gasteiger partial charge on any atom is -0.461 e. The van der Waals surface area contributed by atoms with Gasteiger partial charge in [0.2, 0.25) is 17.8 Å². The second-order valence-electron chi connectivity index (χ2n) is 4.10. The van der Waals surface area contributed by atoms with Gasteiger partial charge in [0.25, 0.3) is 0 Å². The van der Waals surface area contributed by atoms with Crippen LogP contribution in [0.4, 0.5) is 11.9 Å². The van der Waals surface area contributed by atoms with Crippen LogP contribution in [0.25, 0.3) is 0 Å². The van der Waals surface area contributed by atoms with Crippen LogP contribution in [0.3, 0.4) is 0 Å². The lowest BCUT2D eigenvalue weighted by molar-refractivity contribution is -0.120. The first kappa shape index (κ1) is 14.9. The molecule has 0 saturated heterocycles. The number of rotatable bonds is 7. The van der Waals surface area contributed by atoms with Crippen molar-refractivity contribution in [2.24, 2.45) is 0 Å². The zero-order chi connectivity index (χ0) is 14.3. The average molecular weight is 268 g/mol. The number of hydrogen-bond acceptors (Lipinski definition) is 7. The molecular weight excluding hydrogens is 248 g/mol.